The van der Waals surface area contributed by atoms with Crippen LogP contribution in [0.5, 0.6) is 11.6 Å². The van der Waals surface area contributed by atoms with Gasteiger partial charge < -0.3 is 9.84 Å². The molecule has 0 saturated heterocycles. The molecule has 0 radical (unpaired) electrons. The molecule has 0 aliphatic heterocycles. The minimum atomic E-state index is -0.166. The van der Waals surface area contributed by atoms with Gasteiger partial charge >= 0.3 is 0 Å². The molecule has 4 heteroatoms. The van der Waals surface area contributed by atoms with Crippen LogP contribution in [0.25, 0.3) is 32.8 Å². The van der Waals surface area contributed by atoms with E-state index in [2.05, 4.69) is 10.2 Å². The Balaban J connectivity index is 1.67. The topological polar surface area (TPSA) is 55.2 Å². The van der Waals surface area contributed by atoms with Gasteiger partial charge in [-0.3, -0.25) is 0 Å². The van der Waals surface area contributed by atoms with Crippen molar-refractivity contribution in [2.75, 3.05) is 0 Å². The van der Waals surface area contributed by atoms with Crippen molar-refractivity contribution in [3.05, 3.63) is 96.6 Å². The van der Waals surface area contributed by atoms with Gasteiger partial charge in [0.05, 0.1) is 5.56 Å². The van der Waals surface area contributed by atoms with Gasteiger partial charge in [-0.15, -0.1) is 10.2 Å². The first-order valence-electron chi connectivity index (χ1n) is 9.90. The van der Waals surface area contributed by atoms with Crippen LogP contribution in [0.3, 0.4) is 0 Å². The molecule has 4 nitrogen and oxygen atoms in total. The number of fused-ring (bicyclic) bond motifs is 2. The molecule has 0 amide bonds. The average molecular weight is 392 g/mol. The SMILES string of the molecule is C[C@@H](Oc1nnc(-c2c(O)ccc3ccccc23)c2ccccc12)c1ccccc1. The summed E-state index contributed by atoms with van der Waals surface area (Å²) >= 11 is 0. The van der Waals surface area contributed by atoms with E-state index in [1.807, 2.05) is 91.9 Å². The Bertz CT molecular complexity index is 1350. The standard InChI is InChI=1S/C26H20N2O2/c1-17(18-9-3-2-4-10-18)30-26-22-14-8-7-13-21(22)25(27-28-26)24-20-12-6-5-11-19(20)15-16-23(24)29/h2-17,29H,1H3/t17-/m1/s1. The van der Waals surface area contributed by atoms with Gasteiger partial charge in [0.15, 0.2) is 0 Å². The number of phenols is 1. The maximum absolute atomic E-state index is 10.7. The van der Waals surface area contributed by atoms with Gasteiger partial charge in [0.25, 0.3) is 0 Å². The molecule has 1 aromatic heterocycles. The molecule has 0 bridgehead atoms. The van der Waals surface area contributed by atoms with Gasteiger partial charge in [-0.1, -0.05) is 78.9 Å². The number of rotatable bonds is 4. The lowest BCUT2D eigenvalue weighted by Crippen LogP contribution is -2.06. The molecule has 1 heterocycles. The third-order valence-corrected chi connectivity index (χ3v) is 5.35. The molecule has 0 aliphatic carbocycles. The summed E-state index contributed by atoms with van der Waals surface area (Å²) in [4.78, 5) is 0. The first kappa shape index (κ1) is 18.1. The van der Waals surface area contributed by atoms with Gasteiger partial charge in [-0.25, -0.2) is 0 Å². The number of aromatic nitrogens is 2. The molecule has 0 unspecified atom stereocenters. The third kappa shape index (κ3) is 3.12. The van der Waals surface area contributed by atoms with E-state index in [1.165, 1.54) is 0 Å². The van der Waals surface area contributed by atoms with Crippen molar-refractivity contribution in [3.8, 4) is 22.9 Å². The van der Waals surface area contributed by atoms with Crippen molar-refractivity contribution in [2.24, 2.45) is 0 Å². The molecule has 0 saturated carbocycles. The fourth-order valence-electron chi connectivity index (χ4n) is 3.82. The highest BCUT2D eigenvalue weighted by atomic mass is 16.5. The van der Waals surface area contributed by atoms with E-state index in [1.54, 1.807) is 6.07 Å². The first-order valence-corrected chi connectivity index (χ1v) is 9.90. The highest BCUT2D eigenvalue weighted by Crippen LogP contribution is 2.40. The number of ether oxygens (including phenoxy) is 1. The Labute approximate surface area is 174 Å². The van der Waals surface area contributed by atoms with Crippen LogP contribution < -0.4 is 4.74 Å². The summed E-state index contributed by atoms with van der Waals surface area (Å²) in [5.74, 6) is 0.657. The molecule has 146 valence electrons. The summed E-state index contributed by atoms with van der Waals surface area (Å²) in [7, 11) is 0. The Morgan fingerprint density at radius 2 is 1.37 bits per heavy atom. The van der Waals surface area contributed by atoms with Crippen LogP contribution in [0.2, 0.25) is 0 Å². The van der Waals surface area contributed by atoms with E-state index >= 15 is 0 Å². The van der Waals surface area contributed by atoms with E-state index in [0.717, 1.165) is 27.1 Å². The summed E-state index contributed by atoms with van der Waals surface area (Å²) in [6.07, 6.45) is -0.166. The summed E-state index contributed by atoms with van der Waals surface area (Å²) in [6.45, 7) is 2.00. The number of hydrogen-bond acceptors (Lipinski definition) is 4. The fourth-order valence-corrected chi connectivity index (χ4v) is 3.82. The maximum Gasteiger partial charge on any atom is 0.242 e. The van der Waals surface area contributed by atoms with Gasteiger partial charge in [-0.2, -0.15) is 0 Å². The molecule has 5 aromatic rings. The zero-order valence-electron chi connectivity index (χ0n) is 16.5. The first-order chi connectivity index (χ1) is 14.7. The van der Waals surface area contributed by atoms with E-state index in [9.17, 15) is 5.11 Å². The molecule has 30 heavy (non-hydrogen) atoms. The lowest BCUT2D eigenvalue weighted by molar-refractivity contribution is 0.218. The third-order valence-electron chi connectivity index (χ3n) is 5.35. The fraction of sp³-hybridized carbons (Fsp3) is 0.0769. The summed E-state index contributed by atoms with van der Waals surface area (Å²) in [5.41, 5.74) is 2.39. The lowest BCUT2D eigenvalue weighted by atomic mass is 9.98. The number of hydrogen-bond donors (Lipinski definition) is 1. The zero-order chi connectivity index (χ0) is 20.5. The average Bonchev–Trinajstić information content (AvgIpc) is 2.80. The Morgan fingerprint density at radius 1 is 0.700 bits per heavy atom. The largest absolute Gasteiger partial charge is 0.507 e. The van der Waals surface area contributed by atoms with E-state index in [-0.39, 0.29) is 11.9 Å². The van der Waals surface area contributed by atoms with Crippen molar-refractivity contribution < 1.29 is 9.84 Å². The minimum absolute atomic E-state index is 0.166. The van der Waals surface area contributed by atoms with E-state index in [4.69, 9.17) is 4.74 Å². The second kappa shape index (κ2) is 7.48. The smallest absolute Gasteiger partial charge is 0.242 e. The van der Waals surface area contributed by atoms with Crippen molar-refractivity contribution in [3.63, 3.8) is 0 Å². The molecule has 1 N–H and O–H groups in total. The second-order valence-electron chi connectivity index (χ2n) is 7.25. The molecular formula is C26H20N2O2. The van der Waals surface area contributed by atoms with Crippen LogP contribution in [0.1, 0.15) is 18.6 Å². The normalized spacial score (nSPS) is 12.2. The summed E-state index contributed by atoms with van der Waals surface area (Å²) in [5, 5.41) is 23.3. The predicted octanol–water partition coefficient (Wildman–Crippen LogP) is 6.30. The second-order valence-corrected chi connectivity index (χ2v) is 7.25. The molecule has 0 fully saturated rings. The molecule has 0 aliphatic rings. The minimum Gasteiger partial charge on any atom is -0.507 e. The zero-order valence-corrected chi connectivity index (χ0v) is 16.5. The quantitative estimate of drug-likeness (QED) is 0.390. The lowest BCUT2D eigenvalue weighted by Gasteiger charge is -2.17. The highest BCUT2D eigenvalue weighted by molar-refractivity contribution is 6.06. The van der Waals surface area contributed by atoms with Crippen LogP contribution in [-0.4, -0.2) is 15.3 Å². The van der Waals surface area contributed by atoms with Crippen LogP contribution in [0.4, 0.5) is 0 Å². The summed E-state index contributed by atoms with van der Waals surface area (Å²) in [6, 6.07) is 29.5. The van der Waals surface area contributed by atoms with Crippen molar-refractivity contribution in [1.29, 1.82) is 0 Å². The maximum atomic E-state index is 10.7. The molecule has 4 aromatic carbocycles. The van der Waals surface area contributed by atoms with E-state index in [0.29, 0.717) is 17.1 Å². The van der Waals surface area contributed by atoms with Crippen molar-refractivity contribution in [1.82, 2.24) is 10.2 Å². The number of phenolic OH excluding ortho intramolecular Hbond substituents is 1. The van der Waals surface area contributed by atoms with Crippen LogP contribution in [0, 0.1) is 0 Å². The Morgan fingerprint density at radius 3 is 2.17 bits per heavy atom. The van der Waals surface area contributed by atoms with Gasteiger partial charge in [0, 0.05) is 10.8 Å². The van der Waals surface area contributed by atoms with Crippen LogP contribution in [-0.2, 0) is 0 Å². The van der Waals surface area contributed by atoms with Crippen molar-refractivity contribution in [2.45, 2.75) is 13.0 Å². The van der Waals surface area contributed by atoms with Crippen LogP contribution >= 0.6 is 0 Å². The molecular weight excluding hydrogens is 372 g/mol. The monoisotopic (exact) mass is 392 g/mol. The number of nitrogens with zero attached hydrogens (tertiary/aromatic N) is 2. The molecule has 1 atom stereocenters. The molecule has 0 spiro atoms. The van der Waals surface area contributed by atoms with E-state index < -0.39 is 0 Å². The summed E-state index contributed by atoms with van der Waals surface area (Å²) < 4.78 is 6.19. The Hall–Kier alpha value is -3.92. The number of benzene rings is 4. The Kier molecular flexibility index (Phi) is 4.52. The van der Waals surface area contributed by atoms with Gasteiger partial charge in [0.2, 0.25) is 5.88 Å². The highest BCUT2D eigenvalue weighted by Gasteiger charge is 2.18. The predicted molar refractivity (Wildman–Crippen MR) is 120 cm³/mol. The van der Waals surface area contributed by atoms with Gasteiger partial charge in [-0.05, 0) is 35.4 Å². The van der Waals surface area contributed by atoms with Crippen LogP contribution in [0.15, 0.2) is 91.0 Å². The van der Waals surface area contributed by atoms with Crippen molar-refractivity contribution >= 4 is 21.5 Å². The molecule has 5 rings (SSSR count). The number of aromatic hydroxyl groups is 1. The van der Waals surface area contributed by atoms with Gasteiger partial charge in [0.1, 0.15) is 17.5 Å².